The minimum Gasteiger partial charge on any atom is -0.350 e. The maximum Gasteiger partial charge on any atom is 0.282 e. The molecule has 17 heavy (non-hydrogen) atoms. The van der Waals surface area contributed by atoms with Crippen molar-refractivity contribution >= 4 is 28.8 Å². The molecule has 1 amide bonds. The van der Waals surface area contributed by atoms with Crippen molar-refractivity contribution in [3.05, 3.63) is 39.6 Å². The molecular weight excluding hydrogens is 260 g/mol. The summed E-state index contributed by atoms with van der Waals surface area (Å²) in [6, 6.07) is 3.82. The zero-order valence-electron chi connectivity index (χ0n) is 8.76. The van der Waals surface area contributed by atoms with Gasteiger partial charge < -0.3 is 5.32 Å². The number of amides is 1. The van der Waals surface area contributed by atoms with Crippen molar-refractivity contribution in [1.29, 1.82) is 0 Å². The van der Waals surface area contributed by atoms with Gasteiger partial charge in [-0.25, -0.2) is 0 Å². The van der Waals surface area contributed by atoms with E-state index in [0.29, 0.717) is 6.54 Å². The fourth-order valence-electron chi connectivity index (χ4n) is 1.24. The Bertz CT molecular complexity index is 502. The van der Waals surface area contributed by atoms with E-state index in [2.05, 4.69) is 20.5 Å². The van der Waals surface area contributed by atoms with Crippen LogP contribution < -0.4 is 5.32 Å². The van der Waals surface area contributed by atoms with Gasteiger partial charge in [-0.2, -0.15) is 0 Å². The summed E-state index contributed by atoms with van der Waals surface area (Å²) in [5.41, 5.74) is 1.07. The largest absolute Gasteiger partial charge is 0.350 e. The fourth-order valence-corrected chi connectivity index (χ4v) is 1.98. The SMILES string of the molecule is O=C(NCCc1cccnc1)c1nnc(Cl)s1. The molecule has 0 unspecified atom stereocenters. The summed E-state index contributed by atoms with van der Waals surface area (Å²) in [5.74, 6) is -0.252. The number of aromatic nitrogens is 3. The Balaban J connectivity index is 1.81. The van der Waals surface area contributed by atoms with Crippen LogP contribution in [0.25, 0.3) is 0 Å². The first-order valence-electron chi connectivity index (χ1n) is 4.92. The van der Waals surface area contributed by atoms with Crippen LogP contribution in [-0.4, -0.2) is 27.6 Å². The number of nitrogens with one attached hydrogen (secondary N) is 1. The first kappa shape index (κ1) is 11.9. The quantitative estimate of drug-likeness (QED) is 0.914. The Morgan fingerprint density at radius 3 is 3.00 bits per heavy atom. The number of pyridine rings is 1. The van der Waals surface area contributed by atoms with E-state index < -0.39 is 0 Å². The summed E-state index contributed by atoms with van der Waals surface area (Å²) in [7, 11) is 0. The molecule has 5 nitrogen and oxygen atoms in total. The van der Waals surface area contributed by atoms with Crippen LogP contribution in [0.3, 0.4) is 0 Å². The van der Waals surface area contributed by atoms with Crippen LogP contribution in [0.2, 0.25) is 4.47 Å². The molecule has 0 radical (unpaired) electrons. The molecule has 0 saturated heterocycles. The third-order valence-corrected chi connectivity index (χ3v) is 3.03. The minimum absolute atomic E-state index is 0.252. The van der Waals surface area contributed by atoms with Crippen LogP contribution in [0.4, 0.5) is 0 Å². The zero-order chi connectivity index (χ0) is 12.1. The van der Waals surface area contributed by atoms with Crippen molar-refractivity contribution in [3.63, 3.8) is 0 Å². The Hall–Kier alpha value is -1.53. The van der Waals surface area contributed by atoms with Gasteiger partial charge in [0.25, 0.3) is 5.91 Å². The summed E-state index contributed by atoms with van der Waals surface area (Å²) >= 11 is 6.65. The maximum absolute atomic E-state index is 11.6. The second-order valence-corrected chi connectivity index (χ2v) is 4.79. The highest BCUT2D eigenvalue weighted by atomic mass is 35.5. The Kier molecular flexibility index (Phi) is 4.00. The molecule has 2 aromatic heterocycles. The van der Waals surface area contributed by atoms with E-state index in [4.69, 9.17) is 11.6 Å². The molecule has 0 fully saturated rings. The lowest BCUT2D eigenvalue weighted by molar-refractivity contribution is 0.0953. The summed E-state index contributed by atoms with van der Waals surface area (Å²) in [4.78, 5) is 15.6. The average Bonchev–Trinajstić information content (AvgIpc) is 2.77. The van der Waals surface area contributed by atoms with Gasteiger partial charge in [0.1, 0.15) is 0 Å². The van der Waals surface area contributed by atoms with Gasteiger partial charge in [-0.3, -0.25) is 9.78 Å². The molecule has 0 atom stereocenters. The van der Waals surface area contributed by atoms with Crippen LogP contribution in [0, 0.1) is 0 Å². The third kappa shape index (κ3) is 3.47. The topological polar surface area (TPSA) is 67.8 Å². The highest BCUT2D eigenvalue weighted by Crippen LogP contribution is 2.14. The van der Waals surface area contributed by atoms with Crippen molar-refractivity contribution in [1.82, 2.24) is 20.5 Å². The monoisotopic (exact) mass is 268 g/mol. The maximum atomic E-state index is 11.6. The van der Waals surface area contributed by atoms with E-state index in [9.17, 15) is 4.79 Å². The summed E-state index contributed by atoms with van der Waals surface area (Å²) in [5, 5.41) is 10.2. The van der Waals surface area contributed by atoms with Gasteiger partial charge in [-0.1, -0.05) is 17.4 Å². The third-order valence-electron chi connectivity index (χ3n) is 2.02. The zero-order valence-corrected chi connectivity index (χ0v) is 10.3. The minimum atomic E-state index is -0.252. The van der Waals surface area contributed by atoms with E-state index >= 15 is 0 Å². The molecule has 0 spiro atoms. The number of carbonyl (C=O) groups excluding carboxylic acids is 1. The van der Waals surface area contributed by atoms with Gasteiger partial charge in [-0.15, -0.1) is 10.2 Å². The Morgan fingerprint density at radius 1 is 1.47 bits per heavy atom. The standard InChI is InChI=1S/C10H9ClN4OS/c11-10-15-14-9(17-10)8(16)13-5-3-7-2-1-4-12-6-7/h1-2,4,6H,3,5H2,(H,13,16). The molecule has 7 heteroatoms. The number of halogens is 1. The molecule has 88 valence electrons. The fraction of sp³-hybridized carbons (Fsp3) is 0.200. The smallest absolute Gasteiger partial charge is 0.282 e. The van der Waals surface area contributed by atoms with E-state index in [1.54, 1.807) is 12.4 Å². The van der Waals surface area contributed by atoms with Crippen molar-refractivity contribution < 1.29 is 4.79 Å². The molecule has 2 rings (SSSR count). The second-order valence-electron chi connectivity index (χ2n) is 3.23. The van der Waals surface area contributed by atoms with Gasteiger partial charge >= 0.3 is 0 Å². The van der Waals surface area contributed by atoms with Crippen LogP contribution in [0.1, 0.15) is 15.4 Å². The van der Waals surface area contributed by atoms with Crippen LogP contribution in [-0.2, 0) is 6.42 Å². The number of hydrogen-bond donors (Lipinski definition) is 1. The molecule has 0 aromatic carbocycles. The highest BCUT2D eigenvalue weighted by molar-refractivity contribution is 7.17. The molecule has 1 N–H and O–H groups in total. The summed E-state index contributed by atoms with van der Waals surface area (Å²) in [6.45, 7) is 0.529. The Morgan fingerprint density at radius 2 is 2.35 bits per heavy atom. The molecule has 0 aliphatic heterocycles. The van der Waals surface area contributed by atoms with Crippen molar-refractivity contribution in [2.75, 3.05) is 6.54 Å². The van der Waals surface area contributed by atoms with Crippen LogP contribution in [0.5, 0.6) is 0 Å². The molecule has 2 aromatic rings. The first-order chi connectivity index (χ1) is 8.25. The van der Waals surface area contributed by atoms with Crippen LogP contribution >= 0.6 is 22.9 Å². The predicted molar refractivity (Wildman–Crippen MR) is 65.2 cm³/mol. The van der Waals surface area contributed by atoms with E-state index in [1.807, 2.05) is 12.1 Å². The van der Waals surface area contributed by atoms with Crippen molar-refractivity contribution in [2.24, 2.45) is 0 Å². The van der Waals surface area contributed by atoms with E-state index in [0.717, 1.165) is 23.3 Å². The summed E-state index contributed by atoms with van der Waals surface area (Å²) in [6.07, 6.45) is 4.21. The number of nitrogens with zero attached hydrogens (tertiary/aromatic N) is 3. The van der Waals surface area contributed by atoms with Crippen LogP contribution in [0.15, 0.2) is 24.5 Å². The van der Waals surface area contributed by atoms with Crippen molar-refractivity contribution in [2.45, 2.75) is 6.42 Å². The van der Waals surface area contributed by atoms with Crippen molar-refractivity contribution in [3.8, 4) is 0 Å². The predicted octanol–water partition coefficient (Wildman–Crippen LogP) is 1.56. The molecule has 2 heterocycles. The van der Waals surface area contributed by atoms with E-state index in [1.165, 1.54) is 0 Å². The lowest BCUT2D eigenvalue weighted by Crippen LogP contribution is -2.25. The number of hydrogen-bond acceptors (Lipinski definition) is 5. The molecule has 0 bridgehead atoms. The average molecular weight is 269 g/mol. The lowest BCUT2D eigenvalue weighted by Gasteiger charge is -2.02. The van der Waals surface area contributed by atoms with Gasteiger partial charge in [0, 0.05) is 18.9 Å². The van der Waals surface area contributed by atoms with Gasteiger partial charge in [0.15, 0.2) is 0 Å². The first-order valence-corrected chi connectivity index (χ1v) is 6.11. The number of rotatable bonds is 4. The molecular formula is C10H9ClN4OS. The molecule has 0 saturated carbocycles. The lowest BCUT2D eigenvalue weighted by atomic mass is 10.2. The second kappa shape index (κ2) is 5.70. The van der Waals surface area contributed by atoms with Gasteiger partial charge in [-0.05, 0) is 29.7 Å². The van der Waals surface area contributed by atoms with E-state index in [-0.39, 0.29) is 15.4 Å². The highest BCUT2D eigenvalue weighted by Gasteiger charge is 2.10. The molecule has 0 aliphatic rings. The normalized spacial score (nSPS) is 10.2. The summed E-state index contributed by atoms with van der Waals surface area (Å²) < 4.78 is 0.266. The molecule has 0 aliphatic carbocycles. The Labute approximate surface area is 107 Å². The van der Waals surface area contributed by atoms with Gasteiger partial charge in [0.05, 0.1) is 0 Å². The van der Waals surface area contributed by atoms with Gasteiger partial charge in [0.2, 0.25) is 9.47 Å². The number of carbonyl (C=O) groups is 1.